The molecule has 10 aromatic rings. The molecule has 6 aromatic carbocycles. The second kappa shape index (κ2) is 9.05. The molecule has 0 aliphatic carbocycles. The van der Waals surface area contributed by atoms with Gasteiger partial charge in [-0.2, -0.15) is 0 Å². The summed E-state index contributed by atoms with van der Waals surface area (Å²) in [6.07, 6.45) is 0. The average Bonchev–Trinajstić information content (AvgIpc) is 3.64. The van der Waals surface area contributed by atoms with Crippen LogP contribution in [0.3, 0.4) is 0 Å². The zero-order valence-electron chi connectivity index (χ0n) is 23.7. The Kier molecular flexibility index (Phi) is 4.93. The van der Waals surface area contributed by atoms with Gasteiger partial charge in [-0.1, -0.05) is 102 Å². The van der Waals surface area contributed by atoms with Crippen molar-refractivity contribution in [2.45, 2.75) is 0 Å². The normalized spacial score (nSPS) is 12.1. The van der Waals surface area contributed by atoms with E-state index in [0.29, 0.717) is 16.3 Å². The third-order valence-electron chi connectivity index (χ3n) is 8.78. The fraction of sp³-hybridized carbons (Fsp3) is 0. The van der Waals surface area contributed by atoms with Crippen LogP contribution in [0.25, 0.3) is 86.8 Å². The second-order valence-electron chi connectivity index (χ2n) is 11.2. The van der Waals surface area contributed by atoms with Crippen LogP contribution in [0.15, 0.2) is 132 Å². The number of imidazole rings is 1. The molecule has 0 unspecified atom stereocenters. The summed E-state index contributed by atoms with van der Waals surface area (Å²) in [6, 6.07) is 43.0. The summed E-state index contributed by atoms with van der Waals surface area (Å²) in [5.41, 5.74) is 6.16. The van der Waals surface area contributed by atoms with Crippen LogP contribution in [0.1, 0.15) is 0 Å². The first kappa shape index (κ1) is 24.5. The van der Waals surface area contributed by atoms with Gasteiger partial charge in [-0.05, 0) is 41.8 Å². The third kappa shape index (κ3) is 3.38. The minimum Gasteiger partial charge on any atom is -0.278 e. The van der Waals surface area contributed by atoms with Crippen LogP contribution in [0, 0.1) is 0 Å². The SMILES string of the molecule is O=c1c2c(ccc3c2c2ccccc2n3-c2nc(-c3ccccc3)c3ccc4ccccc4c3n2)sc2nc3ccccc3n12. The van der Waals surface area contributed by atoms with E-state index in [9.17, 15) is 4.79 Å². The van der Waals surface area contributed by atoms with Crippen LogP contribution in [0.2, 0.25) is 0 Å². The summed E-state index contributed by atoms with van der Waals surface area (Å²) in [7, 11) is 0. The molecule has 0 aliphatic heterocycles. The summed E-state index contributed by atoms with van der Waals surface area (Å²) in [5, 5.41) is 5.74. The van der Waals surface area contributed by atoms with Crippen molar-refractivity contribution >= 4 is 80.9 Å². The Balaban J connectivity index is 1.38. The summed E-state index contributed by atoms with van der Waals surface area (Å²) in [5.74, 6) is 0.563. The van der Waals surface area contributed by atoms with Crippen molar-refractivity contribution in [3.8, 4) is 17.2 Å². The summed E-state index contributed by atoms with van der Waals surface area (Å²) < 4.78 is 4.76. The number of fused-ring (bicyclic) bond motifs is 11. The quantitative estimate of drug-likeness (QED) is 0.187. The highest BCUT2D eigenvalue weighted by Crippen LogP contribution is 2.38. The molecule has 0 saturated heterocycles. The van der Waals surface area contributed by atoms with Gasteiger partial charge < -0.3 is 0 Å². The van der Waals surface area contributed by atoms with E-state index in [-0.39, 0.29) is 5.56 Å². The molecule has 45 heavy (non-hydrogen) atoms. The molecule has 4 heterocycles. The molecule has 4 aromatic heterocycles. The van der Waals surface area contributed by atoms with E-state index in [0.717, 1.165) is 70.5 Å². The molecule has 0 fully saturated rings. The van der Waals surface area contributed by atoms with Crippen molar-refractivity contribution in [3.05, 3.63) is 138 Å². The van der Waals surface area contributed by atoms with Gasteiger partial charge in [0.15, 0.2) is 4.96 Å². The maximum atomic E-state index is 14.4. The number of hydrogen-bond donors (Lipinski definition) is 0. The lowest BCUT2D eigenvalue weighted by molar-refractivity contribution is 1.02. The van der Waals surface area contributed by atoms with Crippen molar-refractivity contribution in [3.63, 3.8) is 0 Å². The number of para-hydroxylation sites is 3. The zero-order valence-corrected chi connectivity index (χ0v) is 24.5. The lowest BCUT2D eigenvalue weighted by atomic mass is 10.0. The van der Waals surface area contributed by atoms with Crippen molar-refractivity contribution < 1.29 is 0 Å². The number of rotatable bonds is 2. The van der Waals surface area contributed by atoms with Crippen molar-refractivity contribution in [1.29, 1.82) is 0 Å². The highest BCUT2D eigenvalue weighted by atomic mass is 32.1. The average molecular weight is 596 g/mol. The number of hydrogen-bond acceptors (Lipinski definition) is 5. The molecule has 6 nitrogen and oxygen atoms in total. The van der Waals surface area contributed by atoms with Crippen LogP contribution >= 0.6 is 11.3 Å². The van der Waals surface area contributed by atoms with Crippen molar-refractivity contribution in [2.75, 3.05) is 0 Å². The molecule has 210 valence electrons. The highest BCUT2D eigenvalue weighted by molar-refractivity contribution is 7.23. The number of benzene rings is 6. The molecule has 10 rings (SSSR count). The minimum atomic E-state index is -0.0728. The zero-order chi connectivity index (χ0) is 29.6. The summed E-state index contributed by atoms with van der Waals surface area (Å²) in [6.45, 7) is 0. The van der Waals surface area contributed by atoms with Gasteiger partial charge in [-0.25, -0.2) is 19.4 Å². The van der Waals surface area contributed by atoms with Crippen LogP contribution in [-0.4, -0.2) is 23.9 Å². The highest BCUT2D eigenvalue weighted by Gasteiger charge is 2.22. The molecule has 0 amide bonds. The maximum Gasteiger partial charge on any atom is 0.266 e. The van der Waals surface area contributed by atoms with Crippen LogP contribution in [0.5, 0.6) is 0 Å². The Morgan fingerprint density at radius 2 is 1.31 bits per heavy atom. The Morgan fingerprint density at radius 1 is 0.556 bits per heavy atom. The lowest BCUT2D eigenvalue weighted by Crippen LogP contribution is -2.12. The van der Waals surface area contributed by atoms with Gasteiger partial charge in [0, 0.05) is 31.8 Å². The standard InChI is InChI=1S/C38H21N5OS/c44-36-33-31(45-38-39-27-15-7-9-17-29(27)43(36)38)21-20-30-32(33)25-14-6-8-16-28(25)42(30)37-40-34(23-11-2-1-3-12-23)26-19-18-22-10-4-5-13-24(22)35(26)41-37/h1-21H. The Morgan fingerprint density at radius 3 is 2.20 bits per heavy atom. The molecule has 0 atom stereocenters. The second-order valence-corrected chi connectivity index (χ2v) is 12.2. The maximum absolute atomic E-state index is 14.4. The molecular weight excluding hydrogens is 575 g/mol. The van der Waals surface area contributed by atoms with Gasteiger partial charge in [0.1, 0.15) is 0 Å². The monoisotopic (exact) mass is 595 g/mol. The Bertz CT molecular complexity index is 2900. The van der Waals surface area contributed by atoms with Gasteiger partial charge in [0.2, 0.25) is 5.95 Å². The van der Waals surface area contributed by atoms with E-state index in [1.165, 1.54) is 11.3 Å². The fourth-order valence-electron chi connectivity index (χ4n) is 6.80. The van der Waals surface area contributed by atoms with E-state index in [1.54, 1.807) is 4.40 Å². The van der Waals surface area contributed by atoms with Crippen LogP contribution in [-0.2, 0) is 0 Å². The topological polar surface area (TPSA) is 65.1 Å². The molecule has 0 bridgehead atoms. The smallest absolute Gasteiger partial charge is 0.266 e. The first-order valence-electron chi connectivity index (χ1n) is 14.8. The number of aromatic nitrogens is 5. The predicted molar refractivity (Wildman–Crippen MR) is 185 cm³/mol. The molecule has 0 spiro atoms. The lowest BCUT2D eigenvalue weighted by Gasteiger charge is -2.13. The van der Waals surface area contributed by atoms with Gasteiger partial charge >= 0.3 is 0 Å². The minimum absolute atomic E-state index is 0.0728. The molecule has 0 saturated carbocycles. The third-order valence-corrected chi connectivity index (χ3v) is 9.79. The van der Waals surface area contributed by atoms with Gasteiger partial charge in [-0.15, -0.1) is 0 Å². The van der Waals surface area contributed by atoms with Crippen molar-refractivity contribution in [1.82, 2.24) is 23.9 Å². The molecule has 0 radical (unpaired) electrons. The molecule has 0 N–H and O–H groups in total. The summed E-state index contributed by atoms with van der Waals surface area (Å²) >= 11 is 1.53. The van der Waals surface area contributed by atoms with Gasteiger partial charge in [0.05, 0.1) is 38.7 Å². The van der Waals surface area contributed by atoms with Gasteiger partial charge in [-0.3, -0.25) is 9.36 Å². The number of nitrogens with zero attached hydrogens (tertiary/aromatic N) is 5. The van der Waals surface area contributed by atoms with Crippen molar-refractivity contribution in [2.24, 2.45) is 0 Å². The van der Waals surface area contributed by atoms with E-state index < -0.39 is 0 Å². The Labute approximate surface area is 259 Å². The molecular formula is C38H21N5OS. The van der Waals surface area contributed by atoms with Crippen LogP contribution < -0.4 is 5.56 Å². The van der Waals surface area contributed by atoms with Gasteiger partial charge in [0.25, 0.3) is 5.56 Å². The first-order valence-corrected chi connectivity index (χ1v) is 15.6. The summed E-state index contributed by atoms with van der Waals surface area (Å²) in [4.78, 5) is 30.4. The molecule has 7 heteroatoms. The fourth-order valence-corrected chi connectivity index (χ4v) is 7.84. The molecule has 0 aliphatic rings. The van der Waals surface area contributed by atoms with E-state index in [2.05, 4.69) is 65.2 Å². The Hall–Kier alpha value is -5.92. The largest absolute Gasteiger partial charge is 0.278 e. The van der Waals surface area contributed by atoms with E-state index in [1.807, 2.05) is 66.7 Å². The van der Waals surface area contributed by atoms with E-state index in [4.69, 9.17) is 15.0 Å². The van der Waals surface area contributed by atoms with Crippen LogP contribution in [0.4, 0.5) is 0 Å². The predicted octanol–water partition coefficient (Wildman–Crippen LogP) is 8.92. The first-order chi connectivity index (χ1) is 22.2. The van der Waals surface area contributed by atoms with E-state index >= 15 is 0 Å².